The van der Waals surface area contributed by atoms with E-state index in [1.54, 1.807) is 6.20 Å². The lowest BCUT2D eigenvalue weighted by Gasteiger charge is -2.21. The second-order valence-electron chi connectivity index (χ2n) is 3.77. The van der Waals surface area contributed by atoms with Crippen molar-refractivity contribution in [3.8, 4) is 0 Å². The van der Waals surface area contributed by atoms with E-state index in [0.29, 0.717) is 0 Å². The van der Waals surface area contributed by atoms with Gasteiger partial charge in [0.2, 0.25) is 0 Å². The van der Waals surface area contributed by atoms with Crippen LogP contribution in [0.5, 0.6) is 0 Å². The molecule has 0 heterocycles. The van der Waals surface area contributed by atoms with E-state index in [-0.39, 0.29) is 0 Å². The molecule has 1 radical (unpaired) electrons. The van der Waals surface area contributed by atoms with Gasteiger partial charge >= 0.3 is 0 Å². The van der Waals surface area contributed by atoms with E-state index in [9.17, 15) is 0 Å². The van der Waals surface area contributed by atoms with Gasteiger partial charge in [-0.2, -0.15) is 0 Å². The minimum absolute atomic E-state index is 0.941. The maximum Gasteiger partial charge on any atom is 0.0269 e. The smallest absolute Gasteiger partial charge is 0.0269 e. The third-order valence-electron chi connectivity index (χ3n) is 2.44. The Hall–Kier alpha value is -1.28. The summed E-state index contributed by atoms with van der Waals surface area (Å²) in [5, 5.41) is 3.12. The van der Waals surface area contributed by atoms with E-state index in [1.807, 2.05) is 0 Å². The number of hydrogen-bond donors (Lipinski definition) is 1. The third kappa shape index (κ3) is 4.99. The van der Waals surface area contributed by atoms with Crippen LogP contribution in [0.25, 0.3) is 0 Å². The molecule has 16 heavy (non-hydrogen) atoms. The predicted molar refractivity (Wildman–Crippen MR) is 69.9 cm³/mol. The third-order valence-corrected chi connectivity index (χ3v) is 2.44. The van der Waals surface area contributed by atoms with Crippen LogP contribution in [0, 0.1) is 6.92 Å². The molecular weight excluding hydrogens is 196 g/mol. The van der Waals surface area contributed by atoms with E-state index in [4.69, 9.17) is 0 Å². The fourth-order valence-corrected chi connectivity index (χ4v) is 1.66. The molecule has 0 aliphatic heterocycles. The molecular formula is C14H21N2. The summed E-state index contributed by atoms with van der Waals surface area (Å²) >= 11 is 0. The summed E-state index contributed by atoms with van der Waals surface area (Å²) in [5.41, 5.74) is 1.36. The lowest BCUT2D eigenvalue weighted by molar-refractivity contribution is 0.273. The largest absolute Gasteiger partial charge is 0.390 e. The Labute approximate surface area is 99.0 Å². The Balaban J connectivity index is 2.40. The molecule has 1 rings (SSSR count). The Morgan fingerprint density at radius 2 is 1.94 bits per heavy atom. The highest BCUT2D eigenvalue weighted by Gasteiger charge is 2.03. The van der Waals surface area contributed by atoms with Crippen molar-refractivity contribution in [2.45, 2.75) is 13.0 Å². The Morgan fingerprint density at radius 1 is 1.19 bits per heavy atom. The number of nitrogens with one attached hydrogen (secondary N) is 1. The zero-order chi connectivity index (χ0) is 11.6. The van der Waals surface area contributed by atoms with Crippen molar-refractivity contribution in [2.24, 2.45) is 0 Å². The van der Waals surface area contributed by atoms with Crippen LogP contribution in [0.3, 0.4) is 0 Å². The first-order valence-corrected chi connectivity index (χ1v) is 5.76. The van der Waals surface area contributed by atoms with Gasteiger partial charge in [-0.25, -0.2) is 0 Å². The lowest BCUT2D eigenvalue weighted by Crippen LogP contribution is -2.30. The monoisotopic (exact) mass is 217 g/mol. The van der Waals surface area contributed by atoms with Gasteiger partial charge in [0, 0.05) is 19.6 Å². The van der Waals surface area contributed by atoms with E-state index >= 15 is 0 Å². The van der Waals surface area contributed by atoms with Crippen LogP contribution in [-0.4, -0.2) is 24.5 Å². The lowest BCUT2D eigenvalue weighted by atomic mass is 10.2. The zero-order valence-corrected chi connectivity index (χ0v) is 9.86. The van der Waals surface area contributed by atoms with Crippen LogP contribution in [0.1, 0.15) is 12.0 Å². The maximum absolute atomic E-state index is 3.91. The first-order valence-electron chi connectivity index (χ1n) is 5.76. The zero-order valence-electron chi connectivity index (χ0n) is 9.86. The maximum atomic E-state index is 3.91. The molecule has 0 bridgehead atoms. The highest BCUT2D eigenvalue weighted by atomic mass is 15.1. The molecule has 0 aliphatic carbocycles. The van der Waals surface area contributed by atoms with Gasteiger partial charge in [0.25, 0.3) is 0 Å². The number of rotatable bonds is 8. The second kappa shape index (κ2) is 7.94. The topological polar surface area (TPSA) is 15.3 Å². The summed E-state index contributed by atoms with van der Waals surface area (Å²) in [6, 6.07) is 10.5. The van der Waals surface area contributed by atoms with Gasteiger partial charge in [-0.15, -0.1) is 0 Å². The minimum atomic E-state index is 0.941. The van der Waals surface area contributed by atoms with Crippen LogP contribution in [0.4, 0.5) is 0 Å². The second-order valence-corrected chi connectivity index (χ2v) is 3.77. The molecule has 2 heteroatoms. The van der Waals surface area contributed by atoms with Gasteiger partial charge in [0.1, 0.15) is 0 Å². The van der Waals surface area contributed by atoms with Gasteiger partial charge in [0.05, 0.1) is 0 Å². The summed E-state index contributed by atoms with van der Waals surface area (Å²) in [6.45, 7) is 11.6. The summed E-state index contributed by atoms with van der Waals surface area (Å²) in [5.74, 6) is 0. The molecule has 0 fully saturated rings. The van der Waals surface area contributed by atoms with Crippen molar-refractivity contribution in [3.05, 3.63) is 55.6 Å². The molecule has 87 valence electrons. The number of benzene rings is 1. The summed E-state index contributed by atoms with van der Waals surface area (Å²) < 4.78 is 0. The minimum Gasteiger partial charge on any atom is -0.390 e. The normalized spacial score (nSPS) is 10.4. The molecule has 0 spiro atoms. The van der Waals surface area contributed by atoms with Gasteiger partial charge in [-0.1, -0.05) is 43.8 Å². The first kappa shape index (κ1) is 12.8. The molecule has 2 nitrogen and oxygen atoms in total. The SMILES string of the molecule is [CH2]CCN(CCNC=C)Cc1ccccc1. The van der Waals surface area contributed by atoms with Crippen LogP contribution in [0.15, 0.2) is 43.1 Å². The highest BCUT2D eigenvalue weighted by molar-refractivity contribution is 5.14. The van der Waals surface area contributed by atoms with E-state index in [0.717, 1.165) is 32.6 Å². The summed E-state index contributed by atoms with van der Waals surface area (Å²) in [6.07, 6.45) is 2.69. The number of hydrogen-bond acceptors (Lipinski definition) is 2. The molecule has 0 saturated carbocycles. The van der Waals surface area contributed by atoms with E-state index < -0.39 is 0 Å². The van der Waals surface area contributed by atoms with Crippen LogP contribution >= 0.6 is 0 Å². The highest BCUT2D eigenvalue weighted by Crippen LogP contribution is 2.04. The Morgan fingerprint density at radius 3 is 2.56 bits per heavy atom. The standard InChI is InChI=1S/C14H21N2/c1-3-11-16(12-10-15-4-2)13-14-8-6-5-7-9-14/h4-9,15H,1-3,10-13H2. The first-order chi connectivity index (χ1) is 7.86. The molecule has 0 amide bonds. The summed E-state index contributed by atoms with van der Waals surface area (Å²) in [4.78, 5) is 2.40. The summed E-state index contributed by atoms with van der Waals surface area (Å²) in [7, 11) is 0. The van der Waals surface area contributed by atoms with Crippen molar-refractivity contribution in [2.75, 3.05) is 19.6 Å². The Bertz CT molecular complexity index is 282. The molecule has 0 aliphatic rings. The number of nitrogens with zero attached hydrogens (tertiary/aromatic N) is 1. The Kier molecular flexibility index (Phi) is 6.35. The van der Waals surface area contributed by atoms with E-state index in [1.165, 1.54) is 5.56 Å². The van der Waals surface area contributed by atoms with Crippen molar-refractivity contribution in [1.29, 1.82) is 0 Å². The van der Waals surface area contributed by atoms with Crippen molar-refractivity contribution >= 4 is 0 Å². The molecule has 1 aromatic carbocycles. The molecule has 0 unspecified atom stereocenters. The van der Waals surface area contributed by atoms with Crippen molar-refractivity contribution < 1.29 is 0 Å². The van der Waals surface area contributed by atoms with Gasteiger partial charge < -0.3 is 5.32 Å². The molecule has 1 N–H and O–H groups in total. The quantitative estimate of drug-likeness (QED) is 0.673. The fraction of sp³-hybridized carbons (Fsp3) is 0.357. The van der Waals surface area contributed by atoms with E-state index in [2.05, 4.69) is 54.1 Å². The van der Waals surface area contributed by atoms with Crippen LogP contribution < -0.4 is 5.32 Å². The van der Waals surface area contributed by atoms with Gasteiger partial charge in [-0.3, -0.25) is 4.90 Å². The van der Waals surface area contributed by atoms with Crippen molar-refractivity contribution in [3.63, 3.8) is 0 Å². The average Bonchev–Trinajstić information content (AvgIpc) is 2.31. The average molecular weight is 217 g/mol. The fourth-order valence-electron chi connectivity index (χ4n) is 1.66. The van der Waals surface area contributed by atoms with Crippen molar-refractivity contribution in [1.82, 2.24) is 10.2 Å². The van der Waals surface area contributed by atoms with Crippen LogP contribution in [0.2, 0.25) is 0 Å². The molecule has 0 aromatic heterocycles. The molecule has 0 saturated heterocycles. The van der Waals surface area contributed by atoms with Crippen LogP contribution in [-0.2, 0) is 6.54 Å². The van der Waals surface area contributed by atoms with Gasteiger partial charge in [0.15, 0.2) is 0 Å². The van der Waals surface area contributed by atoms with Gasteiger partial charge in [-0.05, 0) is 24.7 Å². The molecule has 0 atom stereocenters. The molecule has 1 aromatic rings. The predicted octanol–water partition coefficient (Wildman–Crippen LogP) is 2.45.